The molecule has 4 aliphatic carbocycles. The minimum atomic E-state index is -0.626. The van der Waals surface area contributed by atoms with Crippen LogP contribution >= 0.6 is 0 Å². The Balaban J connectivity index is 1.45. The quantitative estimate of drug-likeness (QED) is 0.249. The molecule has 12 atom stereocenters. The number of aromatic nitrogens is 4. The van der Waals surface area contributed by atoms with Crippen molar-refractivity contribution in [2.45, 2.75) is 125 Å². The van der Waals surface area contributed by atoms with Gasteiger partial charge >= 0.3 is 5.97 Å². The van der Waals surface area contributed by atoms with Crippen LogP contribution in [0.1, 0.15) is 114 Å². The molecule has 270 valence electrons. The third kappa shape index (κ3) is 4.88. The molecule has 4 N–H and O–H groups in total. The van der Waals surface area contributed by atoms with Crippen LogP contribution in [0, 0.1) is 62.6 Å². The standard InChI is InChI=1S/C38H64N6O4/c1-22(2)24(5)33(6)16-17-35(8)25-12-13-28-34(7)19-47-21-38(28,26(25)14-15-36(35,9)29(33)31(45)46)18-27(44-42-32(40-11)41-43-44)30(34)48-20-37(10,39)23(3)4/h14,22-25,27-30H,12-13,15-21,39H2,1-11H3,(H,40,42)(H,45,46)/t24-,25+,27-,28+,29-,30+,33-,34+,35-,36+,37?,38+/m1/s1. The Morgan fingerprint density at radius 1 is 1.15 bits per heavy atom. The van der Waals surface area contributed by atoms with E-state index in [1.165, 1.54) is 5.57 Å². The number of nitrogens with zero attached hydrogens (tertiary/aromatic N) is 4. The molecule has 1 aromatic heterocycles. The first kappa shape index (κ1) is 35.8. The number of carbonyl (C=O) groups is 1. The molecule has 2 bridgehead atoms. The second kappa shape index (κ2) is 11.8. The number of allylic oxidation sites excluding steroid dienone is 1. The minimum absolute atomic E-state index is 0.143. The van der Waals surface area contributed by atoms with Crippen molar-refractivity contribution in [2.75, 3.05) is 32.2 Å². The fourth-order valence-electron chi connectivity index (χ4n) is 12.0. The number of rotatable bonds is 9. The van der Waals surface area contributed by atoms with E-state index in [4.69, 9.17) is 20.3 Å². The molecule has 10 heteroatoms. The van der Waals surface area contributed by atoms with Gasteiger partial charge in [-0.2, -0.15) is 4.80 Å². The predicted octanol–water partition coefficient (Wildman–Crippen LogP) is 6.60. The molecule has 0 aromatic carbocycles. The molecule has 5 aliphatic rings. The molecule has 1 aromatic rings. The predicted molar refractivity (Wildman–Crippen MR) is 187 cm³/mol. The SMILES string of the molecule is CNc1nnn([C@@H]2C[C@@]34COC[C@@](C)([C@@H]3CC[C@H]3C4=CC[C@@]4(C)[C@H](C(=O)O)[C@@](C)([C@H](C)C(C)C)CC[C@]34C)[C@H]2OCC(C)(N)C(C)C)n1. The van der Waals surface area contributed by atoms with Crippen molar-refractivity contribution in [3.8, 4) is 0 Å². The van der Waals surface area contributed by atoms with Crippen molar-refractivity contribution in [3.05, 3.63) is 11.6 Å². The van der Waals surface area contributed by atoms with E-state index >= 15 is 0 Å². The number of fused-ring (bicyclic) bond motifs is 3. The van der Waals surface area contributed by atoms with Crippen LogP contribution in [0.25, 0.3) is 0 Å². The van der Waals surface area contributed by atoms with Gasteiger partial charge in [0.05, 0.1) is 31.8 Å². The highest BCUT2D eigenvalue weighted by atomic mass is 16.5. The van der Waals surface area contributed by atoms with Crippen molar-refractivity contribution in [1.82, 2.24) is 20.2 Å². The third-order valence-corrected chi connectivity index (χ3v) is 15.9. The number of carboxylic acid groups (broad SMARTS) is 1. The molecule has 6 rings (SSSR count). The number of carboxylic acids is 1. The fraction of sp³-hybridized carbons (Fsp3) is 0.895. The lowest BCUT2D eigenvalue weighted by atomic mass is 9.34. The monoisotopic (exact) mass is 668 g/mol. The zero-order valence-electron chi connectivity index (χ0n) is 31.6. The van der Waals surface area contributed by atoms with Crippen LogP contribution in [0.15, 0.2) is 11.6 Å². The summed E-state index contributed by atoms with van der Waals surface area (Å²) >= 11 is 0. The Morgan fingerprint density at radius 2 is 1.85 bits per heavy atom. The summed E-state index contributed by atoms with van der Waals surface area (Å²) in [4.78, 5) is 15.2. The molecule has 48 heavy (non-hydrogen) atoms. The number of aliphatic carboxylic acids is 1. The summed E-state index contributed by atoms with van der Waals surface area (Å²) in [5.74, 6) is 1.09. The second-order valence-corrected chi connectivity index (χ2v) is 18.7. The molecule has 4 fully saturated rings. The van der Waals surface area contributed by atoms with E-state index in [-0.39, 0.29) is 45.1 Å². The topological polar surface area (TPSA) is 137 Å². The number of hydrogen-bond acceptors (Lipinski definition) is 8. The first-order valence-electron chi connectivity index (χ1n) is 18.7. The van der Waals surface area contributed by atoms with Gasteiger partial charge in [0.1, 0.15) is 6.04 Å². The zero-order valence-corrected chi connectivity index (χ0v) is 31.6. The Hall–Kier alpha value is -2.04. The van der Waals surface area contributed by atoms with Gasteiger partial charge in [-0.1, -0.05) is 79.1 Å². The molecular weight excluding hydrogens is 604 g/mol. The number of nitrogens with one attached hydrogen (secondary N) is 1. The second-order valence-electron chi connectivity index (χ2n) is 18.7. The molecule has 0 amide bonds. The van der Waals surface area contributed by atoms with E-state index in [0.717, 1.165) is 38.5 Å². The maximum absolute atomic E-state index is 13.4. The van der Waals surface area contributed by atoms with Crippen LogP contribution in [0.2, 0.25) is 0 Å². The minimum Gasteiger partial charge on any atom is -0.481 e. The number of nitrogens with two attached hydrogens (primary N) is 1. The lowest BCUT2D eigenvalue weighted by Gasteiger charge is -2.71. The molecule has 3 saturated carbocycles. The summed E-state index contributed by atoms with van der Waals surface area (Å²) in [6, 6.07) is -0.151. The van der Waals surface area contributed by atoms with Crippen molar-refractivity contribution >= 4 is 11.9 Å². The average Bonchev–Trinajstić information content (AvgIpc) is 3.49. The van der Waals surface area contributed by atoms with Crippen LogP contribution < -0.4 is 11.1 Å². The van der Waals surface area contributed by atoms with E-state index < -0.39 is 17.4 Å². The maximum Gasteiger partial charge on any atom is 0.307 e. The van der Waals surface area contributed by atoms with E-state index in [9.17, 15) is 9.90 Å². The van der Waals surface area contributed by atoms with Gasteiger partial charge in [-0.05, 0) is 96.5 Å². The molecule has 1 saturated heterocycles. The maximum atomic E-state index is 13.4. The normalized spacial score (nSPS) is 44.2. The van der Waals surface area contributed by atoms with Crippen LogP contribution in [0.3, 0.4) is 0 Å². The molecule has 0 radical (unpaired) electrons. The largest absolute Gasteiger partial charge is 0.481 e. The molecule has 10 nitrogen and oxygen atoms in total. The smallest absolute Gasteiger partial charge is 0.307 e. The summed E-state index contributed by atoms with van der Waals surface area (Å²) in [6.07, 6.45) is 7.95. The van der Waals surface area contributed by atoms with Crippen LogP contribution in [-0.4, -0.2) is 69.8 Å². The Kier molecular flexibility index (Phi) is 8.76. The van der Waals surface area contributed by atoms with Gasteiger partial charge in [-0.3, -0.25) is 4.79 Å². The third-order valence-electron chi connectivity index (χ3n) is 15.9. The Morgan fingerprint density at radius 3 is 2.46 bits per heavy atom. The highest BCUT2D eigenvalue weighted by Crippen LogP contribution is 2.75. The Labute approximate surface area is 288 Å². The molecule has 1 unspecified atom stereocenters. The Bertz CT molecular complexity index is 1430. The van der Waals surface area contributed by atoms with Crippen LogP contribution in [-0.2, 0) is 14.3 Å². The van der Waals surface area contributed by atoms with E-state index in [2.05, 4.69) is 90.9 Å². The van der Waals surface area contributed by atoms with Crippen molar-refractivity contribution in [2.24, 2.45) is 68.3 Å². The van der Waals surface area contributed by atoms with Gasteiger partial charge in [0.25, 0.3) is 5.95 Å². The van der Waals surface area contributed by atoms with Crippen molar-refractivity contribution in [3.63, 3.8) is 0 Å². The number of hydrogen-bond donors (Lipinski definition) is 3. The zero-order chi connectivity index (χ0) is 35.2. The lowest BCUT2D eigenvalue weighted by molar-refractivity contribution is -0.253. The molecule has 1 aliphatic heterocycles. The number of anilines is 1. The fourth-order valence-corrected chi connectivity index (χ4v) is 12.0. The van der Waals surface area contributed by atoms with Gasteiger partial charge in [0.2, 0.25) is 0 Å². The van der Waals surface area contributed by atoms with Gasteiger partial charge in [0.15, 0.2) is 0 Å². The van der Waals surface area contributed by atoms with Crippen LogP contribution in [0.5, 0.6) is 0 Å². The van der Waals surface area contributed by atoms with Crippen LogP contribution in [0.4, 0.5) is 5.95 Å². The van der Waals surface area contributed by atoms with E-state index in [1.54, 1.807) is 4.80 Å². The van der Waals surface area contributed by atoms with Gasteiger partial charge in [0, 0.05) is 23.4 Å². The molecule has 0 spiro atoms. The highest BCUT2D eigenvalue weighted by molar-refractivity contribution is 5.73. The number of tetrazole rings is 1. The van der Waals surface area contributed by atoms with Crippen molar-refractivity contribution in [1.29, 1.82) is 0 Å². The molecular formula is C38H64N6O4. The molecule has 2 heterocycles. The summed E-state index contributed by atoms with van der Waals surface area (Å²) in [5, 5.41) is 27.8. The summed E-state index contributed by atoms with van der Waals surface area (Å²) in [7, 11) is 1.81. The van der Waals surface area contributed by atoms with Gasteiger partial charge in [-0.15, -0.1) is 5.10 Å². The highest BCUT2D eigenvalue weighted by Gasteiger charge is 2.72. The first-order valence-corrected chi connectivity index (χ1v) is 18.7. The summed E-state index contributed by atoms with van der Waals surface area (Å²) in [5.41, 5.74) is 6.52. The van der Waals surface area contributed by atoms with E-state index in [1.807, 2.05) is 7.05 Å². The summed E-state index contributed by atoms with van der Waals surface area (Å²) in [6.45, 7) is 24.2. The van der Waals surface area contributed by atoms with E-state index in [0.29, 0.717) is 49.4 Å². The first-order chi connectivity index (χ1) is 22.3. The lowest BCUT2D eigenvalue weighted by Crippen LogP contribution is -2.69. The van der Waals surface area contributed by atoms with Gasteiger partial charge < -0.3 is 25.6 Å². The average molecular weight is 669 g/mol. The summed E-state index contributed by atoms with van der Waals surface area (Å²) < 4.78 is 13.7. The van der Waals surface area contributed by atoms with Crippen molar-refractivity contribution < 1.29 is 19.4 Å². The number of ether oxygens (including phenoxy) is 2. The van der Waals surface area contributed by atoms with Gasteiger partial charge in [-0.25, -0.2) is 0 Å².